The van der Waals surface area contributed by atoms with Gasteiger partial charge in [0.15, 0.2) is 0 Å². The van der Waals surface area contributed by atoms with Gasteiger partial charge in [0.25, 0.3) is 0 Å². The molecule has 0 aliphatic carbocycles. The van der Waals surface area contributed by atoms with Gasteiger partial charge in [-0.3, -0.25) is 9.80 Å². The molecular formula is C18H28N2O2S. The van der Waals surface area contributed by atoms with Crippen molar-refractivity contribution >= 4 is 11.3 Å². The fourth-order valence-corrected chi connectivity index (χ4v) is 5.16. The van der Waals surface area contributed by atoms with Crippen LogP contribution in [0.1, 0.15) is 24.1 Å². The number of rotatable bonds is 3. The molecule has 3 aliphatic heterocycles. The van der Waals surface area contributed by atoms with Crippen molar-refractivity contribution in [3.63, 3.8) is 0 Å². The average molecular weight is 337 g/mol. The van der Waals surface area contributed by atoms with Crippen molar-refractivity contribution in [2.45, 2.75) is 31.8 Å². The Labute approximate surface area is 143 Å². The molecule has 0 unspecified atom stereocenters. The molecule has 3 fully saturated rings. The van der Waals surface area contributed by atoms with Crippen LogP contribution in [-0.4, -0.2) is 68.4 Å². The molecule has 5 heteroatoms. The van der Waals surface area contributed by atoms with E-state index in [2.05, 4.69) is 27.3 Å². The Balaban J connectivity index is 1.40. The standard InChI is InChI=1S/C18H28N2O2S/c1-2-17(23-11-1)12-19-7-10-22-15-18(13-19)5-6-20(14-18)16-3-8-21-9-4-16/h1-2,11,16H,3-10,12-15H2/t18-/m1/s1. The van der Waals surface area contributed by atoms with Gasteiger partial charge < -0.3 is 9.47 Å². The number of hydrogen-bond acceptors (Lipinski definition) is 5. The topological polar surface area (TPSA) is 24.9 Å². The molecule has 0 aromatic carbocycles. The van der Waals surface area contributed by atoms with Crippen LogP contribution in [0.4, 0.5) is 0 Å². The van der Waals surface area contributed by atoms with Crippen LogP contribution in [0, 0.1) is 5.41 Å². The van der Waals surface area contributed by atoms with Crippen molar-refractivity contribution < 1.29 is 9.47 Å². The molecule has 1 aromatic rings. The monoisotopic (exact) mass is 336 g/mol. The maximum Gasteiger partial charge on any atom is 0.0593 e. The van der Waals surface area contributed by atoms with Gasteiger partial charge in [-0.05, 0) is 37.3 Å². The highest BCUT2D eigenvalue weighted by Crippen LogP contribution is 2.36. The number of thiophene rings is 1. The Morgan fingerprint density at radius 3 is 2.87 bits per heavy atom. The van der Waals surface area contributed by atoms with E-state index in [1.54, 1.807) is 0 Å². The van der Waals surface area contributed by atoms with Crippen LogP contribution >= 0.6 is 11.3 Å². The zero-order chi connectivity index (χ0) is 15.5. The SMILES string of the molecule is c1csc(CN2CCOC[C@]3(CCN(C4CCOCC4)C3)C2)c1. The van der Waals surface area contributed by atoms with Crippen LogP contribution in [0.5, 0.6) is 0 Å². The molecule has 1 aromatic heterocycles. The van der Waals surface area contributed by atoms with Crippen LogP contribution in [0.15, 0.2) is 17.5 Å². The zero-order valence-corrected chi connectivity index (χ0v) is 14.7. The van der Waals surface area contributed by atoms with Crippen molar-refractivity contribution in [1.82, 2.24) is 9.80 Å². The molecule has 0 N–H and O–H groups in total. The fourth-order valence-electron chi connectivity index (χ4n) is 4.42. The molecule has 3 aliphatic rings. The summed E-state index contributed by atoms with van der Waals surface area (Å²) in [5.41, 5.74) is 0.339. The van der Waals surface area contributed by atoms with E-state index in [0.717, 1.165) is 45.6 Å². The van der Waals surface area contributed by atoms with Gasteiger partial charge in [-0.2, -0.15) is 0 Å². The van der Waals surface area contributed by atoms with E-state index in [0.29, 0.717) is 5.41 Å². The van der Waals surface area contributed by atoms with Gasteiger partial charge in [0.1, 0.15) is 0 Å². The summed E-state index contributed by atoms with van der Waals surface area (Å²) >= 11 is 1.87. The van der Waals surface area contributed by atoms with Gasteiger partial charge in [0.2, 0.25) is 0 Å². The van der Waals surface area contributed by atoms with Crippen LogP contribution < -0.4 is 0 Å². The van der Waals surface area contributed by atoms with Crippen molar-refractivity contribution in [1.29, 1.82) is 0 Å². The first-order valence-electron chi connectivity index (χ1n) is 8.97. The fraction of sp³-hybridized carbons (Fsp3) is 0.778. The normalized spacial score (nSPS) is 31.7. The summed E-state index contributed by atoms with van der Waals surface area (Å²) in [5, 5.41) is 2.18. The molecule has 0 saturated carbocycles. The largest absolute Gasteiger partial charge is 0.381 e. The molecule has 1 atom stereocenters. The quantitative estimate of drug-likeness (QED) is 0.846. The number of nitrogens with zero attached hydrogens (tertiary/aromatic N) is 2. The third-order valence-electron chi connectivity index (χ3n) is 5.65. The Morgan fingerprint density at radius 2 is 2.04 bits per heavy atom. The van der Waals surface area contributed by atoms with Crippen molar-refractivity contribution in [2.75, 3.05) is 52.6 Å². The highest BCUT2D eigenvalue weighted by atomic mass is 32.1. The lowest BCUT2D eigenvalue weighted by Gasteiger charge is -2.35. The lowest BCUT2D eigenvalue weighted by atomic mass is 9.87. The third kappa shape index (κ3) is 3.80. The minimum absolute atomic E-state index is 0.339. The Morgan fingerprint density at radius 1 is 1.13 bits per heavy atom. The van der Waals surface area contributed by atoms with E-state index < -0.39 is 0 Å². The first kappa shape index (κ1) is 16.0. The first-order chi connectivity index (χ1) is 11.3. The van der Waals surface area contributed by atoms with Crippen LogP contribution in [0.2, 0.25) is 0 Å². The van der Waals surface area contributed by atoms with Crippen molar-refractivity contribution in [2.24, 2.45) is 5.41 Å². The summed E-state index contributed by atoms with van der Waals surface area (Å²) in [5.74, 6) is 0. The molecule has 0 bridgehead atoms. The molecule has 23 heavy (non-hydrogen) atoms. The van der Waals surface area contributed by atoms with Gasteiger partial charge in [-0.1, -0.05) is 6.07 Å². The summed E-state index contributed by atoms with van der Waals surface area (Å²) in [6, 6.07) is 5.15. The molecule has 0 amide bonds. The first-order valence-corrected chi connectivity index (χ1v) is 9.85. The predicted molar refractivity (Wildman–Crippen MR) is 92.9 cm³/mol. The summed E-state index contributed by atoms with van der Waals surface area (Å²) in [7, 11) is 0. The predicted octanol–water partition coefficient (Wildman–Crippen LogP) is 2.45. The van der Waals surface area contributed by atoms with E-state index in [1.165, 1.54) is 43.8 Å². The Bertz CT molecular complexity index is 489. The highest BCUT2D eigenvalue weighted by Gasteiger charge is 2.43. The van der Waals surface area contributed by atoms with Gasteiger partial charge in [0, 0.05) is 55.7 Å². The molecule has 128 valence electrons. The third-order valence-corrected chi connectivity index (χ3v) is 6.51. The van der Waals surface area contributed by atoms with Crippen LogP contribution in [0.3, 0.4) is 0 Å². The molecule has 4 rings (SSSR count). The molecule has 1 spiro atoms. The van der Waals surface area contributed by atoms with Crippen molar-refractivity contribution in [3.05, 3.63) is 22.4 Å². The highest BCUT2D eigenvalue weighted by molar-refractivity contribution is 7.09. The van der Waals surface area contributed by atoms with Gasteiger partial charge in [0.05, 0.1) is 13.2 Å². The second-order valence-electron chi connectivity index (χ2n) is 7.41. The minimum Gasteiger partial charge on any atom is -0.381 e. The molecule has 0 radical (unpaired) electrons. The Hall–Kier alpha value is -0.460. The smallest absolute Gasteiger partial charge is 0.0593 e. The van der Waals surface area contributed by atoms with E-state index in [4.69, 9.17) is 9.47 Å². The van der Waals surface area contributed by atoms with Gasteiger partial charge in [-0.15, -0.1) is 11.3 Å². The van der Waals surface area contributed by atoms with Crippen LogP contribution in [0.25, 0.3) is 0 Å². The lowest BCUT2D eigenvalue weighted by molar-refractivity contribution is 0.0285. The summed E-state index contributed by atoms with van der Waals surface area (Å²) in [6.07, 6.45) is 3.69. The second-order valence-corrected chi connectivity index (χ2v) is 8.44. The van der Waals surface area contributed by atoms with E-state index in [-0.39, 0.29) is 0 Å². The summed E-state index contributed by atoms with van der Waals surface area (Å²) in [4.78, 5) is 6.81. The lowest BCUT2D eigenvalue weighted by Crippen LogP contribution is -2.43. The van der Waals surface area contributed by atoms with Gasteiger partial charge in [-0.25, -0.2) is 0 Å². The summed E-state index contributed by atoms with van der Waals surface area (Å²) in [6.45, 7) is 9.48. The van der Waals surface area contributed by atoms with Gasteiger partial charge >= 0.3 is 0 Å². The average Bonchev–Trinajstić information content (AvgIpc) is 3.18. The molecule has 4 nitrogen and oxygen atoms in total. The minimum atomic E-state index is 0.339. The second kappa shape index (κ2) is 7.19. The molecule has 3 saturated heterocycles. The molecular weight excluding hydrogens is 308 g/mol. The van der Waals surface area contributed by atoms with E-state index in [9.17, 15) is 0 Å². The van der Waals surface area contributed by atoms with Crippen LogP contribution in [-0.2, 0) is 16.0 Å². The number of likely N-dealkylation sites (tertiary alicyclic amines) is 1. The zero-order valence-electron chi connectivity index (χ0n) is 13.9. The molecule has 4 heterocycles. The maximum absolute atomic E-state index is 6.03. The number of ether oxygens (including phenoxy) is 2. The van der Waals surface area contributed by atoms with E-state index in [1.807, 2.05) is 11.3 Å². The summed E-state index contributed by atoms with van der Waals surface area (Å²) < 4.78 is 11.6. The van der Waals surface area contributed by atoms with E-state index >= 15 is 0 Å². The maximum atomic E-state index is 6.03. The van der Waals surface area contributed by atoms with Crippen molar-refractivity contribution in [3.8, 4) is 0 Å². The number of hydrogen-bond donors (Lipinski definition) is 0. The Kier molecular flexibility index (Phi) is 5.02.